The second kappa shape index (κ2) is 12.1. The highest BCUT2D eigenvalue weighted by Crippen LogP contribution is 2.31. The second-order valence-electron chi connectivity index (χ2n) is 10.6. The third-order valence-corrected chi connectivity index (χ3v) is 6.46. The van der Waals surface area contributed by atoms with Gasteiger partial charge in [0.25, 0.3) is 0 Å². The van der Waals surface area contributed by atoms with Gasteiger partial charge >= 0.3 is 6.09 Å². The van der Waals surface area contributed by atoms with E-state index in [4.69, 9.17) is 14.5 Å². The minimum Gasteiger partial charge on any atom is -0.490 e. The number of aromatic nitrogens is 3. The van der Waals surface area contributed by atoms with Crippen LogP contribution in [-0.2, 0) is 9.53 Å². The Morgan fingerprint density at radius 1 is 1.23 bits per heavy atom. The zero-order valence-electron chi connectivity index (χ0n) is 23.4. The predicted octanol–water partition coefficient (Wildman–Crippen LogP) is 3.64. The summed E-state index contributed by atoms with van der Waals surface area (Å²) in [5.74, 6) is 1.25. The van der Waals surface area contributed by atoms with Crippen LogP contribution >= 0.6 is 0 Å². The van der Waals surface area contributed by atoms with E-state index in [2.05, 4.69) is 28.0 Å². The van der Waals surface area contributed by atoms with E-state index in [1.807, 2.05) is 30.0 Å². The van der Waals surface area contributed by atoms with E-state index in [-0.39, 0.29) is 25.0 Å². The van der Waals surface area contributed by atoms with Crippen molar-refractivity contribution in [2.75, 3.05) is 44.2 Å². The van der Waals surface area contributed by atoms with Crippen LogP contribution in [0, 0.1) is 17.2 Å². The quantitative estimate of drug-likeness (QED) is 0.336. The van der Waals surface area contributed by atoms with Gasteiger partial charge in [-0.2, -0.15) is 10.4 Å². The Kier molecular flexibility index (Phi) is 8.58. The van der Waals surface area contributed by atoms with E-state index in [1.54, 1.807) is 43.8 Å². The lowest BCUT2D eigenvalue weighted by Crippen LogP contribution is -2.50. The first-order valence-corrected chi connectivity index (χ1v) is 13.2. The molecule has 40 heavy (non-hydrogen) atoms. The minimum absolute atomic E-state index is 0.0961. The van der Waals surface area contributed by atoms with Crippen molar-refractivity contribution >= 4 is 23.3 Å². The molecule has 0 bridgehead atoms. The average molecular weight is 546 g/mol. The molecule has 0 spiro atoms. The SMILES string of the molecule is C=CC(C)C(=O)N1CCN(c2ccc(-c3cc(OCCNC(=O)OC(C)(C)C)cn4ncc(C#N)c34)cn2)CC1. The van der Waals surface area contributed by atoms with E-state index < -0.39 is 11.7 Å². The fraction of sp³-hybridized carbons (Fsp3) is 0.414. The Hall–Kier alpha value is -4.59. The molecule has 0 aromatic carbocycles. The van der Waals surface area contributed by atoms with Crippen molar-refractivity contribution < 1.29 is 19.1 Å². The van der Waals surface area contributed by atoms with Gasteiger partial charge in [0.1, 0.15) is 29.8 Å². The maximum Gasteiger partial charge on any atom is 0.407 e. The van der Waals surface area contributed by atoms with Gasteiger partial charge in [0.15, 0.2) is 0 Å². The molecule has 3 aromatic rings. The number of hydrogen-bond donors (Lipinski definition) is 1. The molecule has 1 atom stereocenters. The van der Waals surface area contributed by atoms with Crippen LogP contribution in [0.3, 0.4) is 0 Å². The van der Waals surface area contributed by atoms with E-state index in [9.17, 15) is 14.9 Å². The van der Waals surface area contributed by atoms with Crippen molar-refractivity contribution in [2.24, 2.45) is 5.92 Å². The first kappa shape index (κ1) is 28.4. The molecule has 1 fully saturated rings. The van der Waals surface area contributed by atoms with Crippen LogP contribution in [-0.4, -0.2) is 76.4 Å². The number of nitrogens with zero attached hydrogens (tertiary/aromatic N) is 6. The Balaban J connectivity index is 1.47. The number of nitriles is 1. The average Bonchev–Trinajstić information content (AvgIpc) is 3.36. The van der Waals surface area contributed by atoms with Gasteiger partial charge in [-0.15, -0.1) is 6.58 Å². The number of nitrogens with one attached hydrogen (secondary N) is 1. The monoisotopic (exact) mass is 545 g/mol. The highest BCUT2D eigenvalue weighted by atomic mass is 16.6. The molecule has 11 nitrogen and oxygen atoms in total. The Morgan fingerprint density at radius 2 is 1.98 bits per heavy atom. The van der Waals surface area contributed by atoms with Gasteiger partial charge in [-0.25, -0.2) is 14.3 Å². The van der Waals surface area contributed by atoms with Crippen LogP contribution in [0.1, 0.15) is 33.3 Å². The number of alkyl carbamates (subject to hydrolysis) is 1. The summed E-state index contributed by atoms with van der Waals surface area (Å²) < 4.78 is 12.7. The summed E-state index contributed by atoms with van der Waals surface area (Å²) in [5, 5.41) is 16.6. The Bertz CT molecular complexity index is 1410. The predicted molar refractivity (Wildman–Crippen MR) is 151 cm³/mol. The zero-order chi connectivity index (χ0) is 28.9. The highest BCUT2D eigenvalue weighted by Gasteiger charge is 2.24. The van der Waals surface area contributed by atoms with Gasteiger partial charge in [-0.1, -0.05) is 13.0 Å². The van der Waals surface area contributed by atoms with Gasteiger partial charge in [0.05, 0.1) is 35.9 Å². The lowest BCUT2D eigenvalue weighted by atomic mass is 10.1. The summed E-state index contributed by atoms with van der Waals surface area (Å²) in [6, 6.07) is 7.94. The lowest BCUT2D eigenvalue weighted by Gasteiger charge is -2.36. The van der Waals surface area contributed by atoms with Crippen LogP contribution in [0.2, 0.25) is 0 Å². The maximum atomic E-state index is 12.5. The number of carbonyl (C=O) groups excluding carboxylic acids is 2. The molecule has 0 aliphatic carbocycles. The first-order valence-electron chi connectivity index (χ1n) is 13.2. The van der Waals surface area contributed by atoms with Crippen LogP contribution < -0.4 is 15.0 Å². The summed E-state index contributed by atoms with van der Waals surface area (Å²) >= 11 is 0. The van der Waals surface area contributed by atoms with Gasteiger partial charge in [0.2, 0.25) is 5.91 Å². The maximum absolute atomic E-state index is 12.5. The summed E-state index contributed by atoms with van der Waals surface area (Å²) in [4.78, 5) is 33.0. The normalized spacial score (nSPS) is 14.4. The molecular weight excluding hydrogens is 510 g/mol. The second-order valence-corrected chi connectivity index (χ2v) is 10.6. The van der Waals surface area contributed by atoms with Crippen molar-refractivity contribution in [3.8, 4) is 22.9 Å². The number of pyridine rings is 2. The molecule has 210 valence electrons. The number of fused-ring (bicyclic) bond motifs is 1. The van der Waals surface area contributed by atoms with Crippen molar-refractivity contribution in [1.82, 2.24) is 24.8 Å². The van der Waals surface area contributed by atoms with Crippen LogP contribution in [0.4, 0.5) is 10.6 Å². The molecular formula is C29H35N7O4. The van der Waals surface area contributed by atoms with Crippen molar-refractivity contribution in [3.63, 3.8) is 0 Å². The zero-order valence-corrected chi connectivity index (χ0v) is 23.4. The molecule has 1 unspecified atom stereocenters. The van der Waals surface area contributed by atoms with Gasteiger partial charge < -0.3 is 24.6 Å². The highest BCUT2D eigenvalue weighted by molar-refractivity contribution is 5.85. The molecule has 1 N–H and O–H groups in total. The molecule has 1 aliphatic rings. The number of rotatable bonds is 8. The van der Waals surface area contributed by atoms with Crippen molar-refractivity contribution in [1.29, 1.82) is 5.26 Å². The number of carbonyl (C=O) groups is 2. The smallest absolute Gasteiger partial charge is 0.407 e. The first-order chi connectivity index (χ1) is 19.1. The van der Waals surface area contributed by atoms with E-state index >= 15 is 0 Å². The summed E-state index contributed by atoms with van der Waals surface area (Å²) in [5.41, 5.74) is 2.06. The largest absolute Gasteiger partial charge is 0.490 e. The third-order valence-electron chi connectivity index (χ3n) is 6.46. The fourth-order valence-electron chi connectivity index (χ4n) is 4.39. The Morgan fingerprint density at radius 3 is 2.60 bits per heavy atom. The molecule has 11 heteroatoms. The van der Waals surface area contributed by atoms with E-state index in [1.165, 1.54) is 6.20 Å². The minimum atomic E-state index is -0.579. The van der Waals surface area contributed by atoms with Crippen LogP contribution in [0.5, 0.6) is 5.75 Å². The number of ether oxygens (including phenoxy) is 2. The topological polar surface area (TPSA) is 125 Å². The molecule has 1 aliphatic heterocycles. The van der Waals surface area contributed by atoms with E-state index in [0.29, 0.717) is 43.0 Å². The van der Waals surface area contributed by atoms with Crippen LogP contribution in [0.15, 0.2) is 49.4 Å². The molecule has 2 amide bonds. The molecule has 0 radical (unpaired) electrons. The number of piperazine rings is 1. The lowest BCUT2D eigenvalue weighted by molar-refractivity contribution is -0.133. The van der Waals surface area contributed by atoms with Gasteiger partial charge in [-0.05, 0) is 39.0 Å². The van der Waals surface area contributed by atoms with Gasteiger partial charge in [-0.3, -0.25) is 4.79 Å². The molecule has 1 saturated heterocycles. The summed E-state index contributed by atoms with van der Waals surface area (Å²) in [6.45, 7) is 14.1. The third kappa shape index (κ3) is 6.69. The molecule has 3 aromatic heterocycles. The Labute approximate surface area is 234 Å². The molecule has 4 rings (SSSR count). The standard InChI is InChI=1S/C29H35N7O4/c1-6-20(2)27(37)35-12-10-34(11-13-35)25-8-7-21(17-32-25)24-15-23(19-36-26(24)22(16-30)18-33-36)39-14-9-31-28(38)40-29(3,4)5/h6-8,15,17-20H,1,9-14H2,2-5H3,(H,31,38). The number of amides is 2. The van der Waals surface area contributed by atoms with Crippen molar-refractivity contribution in [2.45, 2.75) is 33.3 Å². The summed E-state index contributed by atoms with van der Waals surface area (Å²) in [6.07, 6.45) is 6.14. The molecule has 0 saturated carbocycles. The number of hydrogen-bond acceptors (Lipinski definition) is 8. The number of anilines is 1. The van der Waals surface area contributed by atoms with Crippen molar-refractivity contribution in [3.05, 3.63) is 55.0 Å². The fourth-order valence-corrected chi connectivity index (χ4v) is 4.39. The van der Waals surface area contributed by atoms with E-state index in [0.717, 1.165) is 16.9 Å². The molecule has 4 heterocycles. The van der Waals surface area contributed by atoms with Crippen LogP contribution in [0.25, 0.3) is 16.6 Å². The summed E-state index contributed by atoms with van der Waals surface area (Å²) in [7, 11) is 0. The van der Waals surface area contributed by atoms with Gasteiger partial charge in [0, 0.05) is 43.5 Å².